The van der Waals surface area contributed by atoms with Crippen molar-refractivity contribution in [2.45, 2.75) is 6.92 Å². The lowest BCUT2D eigenvalue weighted by molar-refractivity contribution is -0.134. The maximum absolute atomic E-state index is 9.00. The van der Waals surface area contributed by atoms with E-state index < -0.39 is 5.97 Å². The van der Waals surface area contributed by atoms with Crippen LogP contribution in [-0.4, -0.2) is 11.1 Å². The van der Waals surface area contributed by atoms with Gasteiger partial charge in [-0.05, 0) is 36.4 Å². The summed E-state index contributed by atoms with van der Waals surface area (Å²) in [5, 5.41) is 15.6. The van der Waals surface area contributed by atoms with Gasteiger partial charge in [0.15, 0.2) is 0 Å². The van der Waals surface area contributed by atoms with Gasteiger partial charge >= 0.3 is 0 Å². The normalized spacial score (nSPS) is 9.74. The minimum Gasteiger partial charge on any atom is -0.481 e. The van der Waals surface area contributed by atoms with Gasteiger partial charge in [-0.3, -0.25) is 4.79 Å². The number of hydrogen-bond acceptors (Lipinski definition) is 4. The van der Waals surface area contributed by atoms with E-state index in [1.54, 1.807) is 12.1 Å². The second kappa shape index (κ2) is 7.60. The van der Waals surface area contributed by atoms with Crippen LogP contribution < -0.4 is 5.73 Å². The molecule has 0 spiro atoms. The molecule has 2 rings (SSSR count). The number of anilines is 1. The fourth-order valence-electron chi connectivity index (χ4n) is 1.15. The van der Waals surface area contributed by atoms with Crippen molar-refractivity contribution in [2.75, 3.05) is 5.73 Å². The van der Waals surface area contributed by atoms with Crippen molar-refractivity contribution < 1.29 is 9.90 Å². The molecule has 2 aromatic carbocycles. The molecule has 0 amide bonds. The molecule has 0 aliphatic carbocycles. The van der Waals surface area contributed by atoms with Crippen LogP contribution in [0.15, 0.2) is 64.8 Å². The lowest BCUT2D eigenvalue weighted by atomic mass is 10.3. The Hall–Kier alpha value is -2.69. The zero-order valence-electron chi connectivity index (χ0n) is 10.5. The third-order valence-electron chi connectivity index (χ3n) is 1.93. The van der Waals surface area contributed by atoms with Crippen molar-refractivity contribution in [3.8, 4) is 0 Å². The van der Waals surface area contributed by atoms with Crippen molar-refractivity contribution in [3.05, 3.63) is 54.6 Å². The molecule has 2 aromatic rings. The summed E-state index contributed by atoms with van der Waals surface area (Å²) < 4.78 is 0. The molecule has 0 unspecified atom stereocenters. The second-order valence-corrected chi connectivity index (χ2v) is 3.65. The number of carboxylic acids is 1. The first-order valence-electron chi connectivity index (χ1n) is 5.60. The number of carbonyl (C=O) groups is 1. The lowest BCUT2D eigenvalue weighted by Gasteiger charge is -1.93. The summed E-state index contributed by atoms with van der Waals surface area (Å²) in [6.07, 6.45) is 0. The molecule has 5 nitrogen and oxygen atoms in total. The number of azo groups is 1. The van der Waals surface area contributed by atoms with E-state index in [9.17, 15) is 0 Å². The molecule has 0 bridgehead atoms. The van der Waals surface area contributed by atoms with Gasteiger partial charge in [0.1, 0.15) is 0 Å². The fraction of sp³-hybridized carbons (Fsp3) is 0.0714. The zero-order valence-corrected chi connectivity index (χ0v) is 10.5. The second-order valence-electron chi connectivity index (χ2n) is 3.65. The first kappa shape index (κ1) is 14.4. The van der Waals surface area contributed by atoms with Crippen LogP contribution in [0.1, 0.15) is 6.92 Å². The minimum absolute atomic E-state index is 0.730. The molecule has 0 saturated carbocycles. The van der Waals surface area contributed by atoms with E-state index in [-0.39, 0.29) is 0 Å². The molecular formula is C14H15N3O2. The van der Waals surface area contributed by atoms with Crippen LogP contribution >= 0.6 is 0 Å². The van der Waals surface area contributed by atoms with E-state index in [0.29, 0.717) is 0 Å². The third kappa shape index (κ3) is 6.58. The highest BCUT2D eigenvalue weighted by molar-refractivity contribution is 5.62. The number of aliphatic carboxylic acids is 1. The predicted octanol–water partition coefficient (Wildman–Crippen LogP) is 3.78. The Morgan fingerprint density at radius 2 is 1.37 bits per heavy atom. The van der Waals surface area contributed by atoms with Crippen molar-refractivity contribution in [1.29, 1.82) is 0 Å². The summed E-state index contributed by atoms with van der Waals surface area (Å²) >= 11 is 0. The minimum atomic E-state index is -0.833. The van der Waals surface area contributed by atoms with Gasteiger partial charge in [-0.25, -0.2) is 0 Å². The summed E-state index contributed by atoms with van der Waals surface area (Å²) in [5.41, 5.74) is 7.93. The van der Waals surface area contributed by atoms with Crippen molar-refractivity contribution >= 4 is 23.0 Å². The number of nitrogens with zero attached hydrogens (tertiary/aromatic N) is 2. The van der Waals surface area contributed by atoms with Gasteiger partial charge in [-0.15, -0.1) is 0 Å². The number of rotatable bonds is 2. The van der Waals surface area contributed by atoms with Crippen LogP contribution in [0.3, 0.4) is 0 Å². The first-order chi connectivity index (χ1) is 9.08. The highest BCUT2D eigenvalue weighted by atomic mass is 16.4. The van der Waals surface area contributed by atoms with Crippen LogP contribution in [0.4, 0.5) is 17.1 Å². The molecule has 98 valence electrons. The first-order valence-corrected chi connectivity index (χ1v) is 5.60. The van der Waals surface area contributed by atoms with Crippen LogP contribution in [0.2, 0.25) is 0 Å². The Bertz CT molecular complexity index is 532. The fourth-order valence-corrected chi connectivity index (χ4v) is 1.15. The van der Waals surface area contributed by atoms with E-state index in [1.807, 2.05) is 42.5 Å². The molecule has 0 atom stereocenters. The van der Waals surface area contributed by atoms with E-state index in [0.717, 1.165) is 24.0 Å². The topological polar surface area (TPSA) is 88.0 Å². The van der Waals surface area contributed by atoms with Crippen molar-refractivity contribution in [3.63, 3.8) is 0 Å². The molecule has 3 N–H and O–H groups in total. The maximum Gasteiger partial charge on any atom is 0.300 e. The highest BCUT2D eigenvalue weighted by Crippen LogP contribution is 2.18. The Morgan fingerprint density at radius 3 is 1.84 bits per heavy atom. The smallest absolute Gasteiger partial charge is 0.300 e. The van der Waals surface area contributed by atoms with E-state index in [4.69, 9.17) is 15.6 Å². The summed E-state index contributed by atoms with van der Waals surface area (Å²) in [6.45, 7) is 1.08. The van der Waals surface area contributed by atoms with Crippen LogP contribution in [0.5, 0.6) is 0 Å². The Balaban J connectivity index is 0.000000399. The number of carboxylic acid groups (broad SMARTS) is 1. The molecule has 0 aliphatic heterocycles. The molecule has 0 saturated heterocycles. The number of nitrogen functional groups attached to an aromatic ring is 1. The summed E-state index contributed by atoms with van der Waals surface area (Å²) in [4.78, 5) is 9.00. The zero-order chi connectivity index (χ0) is 14.1. The van der Waals surface area contributed by atoms with E-state index in [2.05, 4.69) is 10.2 Å². The molecule has 5 heteroatoms. The van der Waals surface area contributed by atoms with Gasteiger partial charge in [-0.1, -0.05) is 18.2 Å². The van der Waals surface area contributed by atoms with E-state index in [1.165, 1.54) is 0 Å². The van der Waals surface area contributed by atoms with Crippen LogP contribution in [-0.2, 0) is 4.79 Å². The molecule has 0 fully saturated rings. The monoisotopic (exact) mass is 257 g/mol. The molecule has 0 heterocycles. The Morgan fingerprint density at radius 1 is 0.947 bits per heavy atom. The lowest BCUT2D eigenvalue weighted by Crippen LogP contribution is -1.80. The van der Waals surface area contributed by atoms with Crippen molar-refractivity contribution in [2.24, 2.45) is 10.2 Å². The predicted molar refractivity (Wildman–Crippen MR) is 74.8 cm³/mol. The average Bonchev–Trinajstić information content (AvgIpc) is 2.39. The van der Waals surface area contributed by atoms with Gasteiger partial charge < -0.3 is 10.8 Å². The largest absolute Gasteiger partial charge is 0.481 e. The quantitative estimate of drug-likeness (QED) is 0.634. The number of nitrogens with two attached hydrogens (primary N) is 1. The van der Waals surface area contributed by atoms with Gasteiger partial charge in [0.2, 0.25) is 0 Å². The van der Waals surface area contributed by atoms with Gasteiger partial charge in [0, 0.05) is 12.6 Å². The number of benzene rings is 2. The molecule has 19 heavy (non-hydrogen) atoms. The molecule has 0 radical (unpaired) electrons. The molecule has 0 aliphatic rings. The van der Waals surface area contributed by atoms with Gasteiger partial charge in [-0.2, -0.15) is 10.2 Å². The van der Waals surface area contributed by atoms with Crippen LogP contribution in [0, 0.1) is 0 Å². The SMILES string of the molecule is CC(=O)O.Nc1ccc(N=Nc2ccccc2)cc1. The summed E-state index contributed by atoms with van der Waals surface area (Å²) in [6, 6.07) is 16.9. The standard InChI is InChI=1S/C12H11N3.C2H4O2/c13-10-6-8-12(9-7-10)15-14-11-4-2-1-3-5-11;1-2(3)4/h1-9H,13H2;1H3,(H,3,4). The third-order valence-corrected chi connectivity index (χ3v) is 1.93. The maximum atomic E-state index is 9.00. The van der Waals surface area contributed by atoms with Crippen LogP contribution in [0.25, 0.3) is 0 Å². The molecular weight excluding hydrogens is 242 g/mol. The number of hydrogen-bond donors (Lipinski definition) is 2. The highest BCUT2D eigenvalue weighted by Gasteiger charge is 1.89. The van der Waals surface area contributed by atoms with E-state index >= 15 is 0 Å². The van der Waals surface area contributed by atoms with Gasteiger partial charge in [0.25, 0.3) is 5.97 Å². The summed E-state index contributed by atoms with van der Waals surface area (Å²) in [5.74, 6) is -0.833. The Labute approximate surface area is 111 Å². The Kier molecular flexibility index (Phi) is 5.75. The van der Waals surface area contributed by atoms with Gasteiger partial charge in [0.05, 0.1) is 11.4 Å². The summed E-state index contributed by atoms with van der Waals surface area (Å²) in [7, 11) is 0. The van der Waals surface area contributed by atoms with Crippen molar-refractivity contribution in [1.82, 2.24) is 0 Å². The average molecular weight is 257 g/mol. The molecule has 0 aromatic heterocycles.